The maximum atomic E-state index is 13.8. The molecule has 0 unspecified atom stereocenters. The van der Waals surface area contributed by atoms with Crippen molar-refractivity contribution in [3.05, 3.63) is 101 Å². The van der Waals surface area contributed by atoms with Gasteiger partial charge in [-0.3, -0.25) is 4.79 Å². The van der Waals surface area contributed by atoms with E-state index in [0.717, 1.165) is 23.0 Å². The highest BCUT2D eigenvalue weighted by Crippen LogP contribution is 2.36. The number of hydrogen-bond acceptors (Lipinski definition) is 3. The fraction of sp³-hybridized carbons (Fsp3) is 0.115. The van der Waals surface area contributed by atoms with Crippen molar-refractivity contribution in [1.29, 1.82) is 0 Å². The third kappa shape index (κ3) is 3.48. The number of fused-ring (bicyclic) bond motifs is 2. The number of para-hydroxylation sites is 1. The number of carbonyl (C=O) groups excluding carboxylic acids is 1. The highest BCUT2D eigenvalue weighted by atomic mass is 19.1. The van der Waals surface area contributed by atoms with Gasteiger partial charge in [-0.25, -0.2) is 4.39 Å². The highest BCUT2D eigenvalue weighted by molar-refractivity contribution is 6.15. The number of ketones is 1. The Morgan fingerprint density at radius 2 is 1.87 bits per heavy atom. The van der Waals surface area contributed by atoms with Gasteiger partial charge in [-0.05, 0) is 37.3 Å². The zero-order chi connectivity index (χ0) is 21.4. The first-order valence-electron chi connectivity index (χ1n) is 10.2. The molecule has 2 heterocycles. The number of aromatic nitrogens is 1. The molecule has 1 aliphatic heterocycles. The molecule has 1 aliphatic rings. The standard InChI is InChI=1S/C26H20FNO3/c1-2-28-15-18(20-8-4-6-10-23(20)28)13-25-26(29)21-12-11-19(14-24(21)31-25)30-16-17-7-3-5-9-22(17)27/h3-15H,2,16H2,1H3/b25-13+. The van der Waals surface area contributed by atoms with Crippen molar-refractivity contribution in [1.82, 2.24) is 4.57 Å². The molecule has 3 aromatic carbocycles. The van der Waals surface area contributed by atoms with Crippen LogP contribution < -0.4 is 9.47 Å². The van der Waals surface area contributed by atoms with E-state index in [9.17, 15) is 9.18 Å². The summed E-state index contributed by atoms with van der Waals surface area (Å²) in [5.74, 6) is 0.760. The van der Waals surface area contributed by atoms with E-state index in [1.54, 1.807) is 42.5 Å². The van der Waals surface area contributed by atoms with Crippen molar-refractivity contribution in [3.63, 3.8) is 0 Å². The van der Waals surface area contributed by atoms with Gasteiger partial charge in [0.25, 0.3) is 0 Å². The molecule has 4 nitrogen and oxygen atoms in total. The number of benzene rings is 3. The Hall–Kier alpha value is -3.86. The minimum absolute atomic E-state index is 0.0959. The number of aryl methyl sites for hydroxylation is 1. The summed E-state index contributed by atoms with van der Waals surface area (Å²) in [7, 11) is 0. The molecule has 1 aromatic heterocycles. The van der Waals surface area contributed by atoms with Crippen LogP contribution in [0.2, 0.25) is 0 Å². The van der Waals surface area contributed by atoms with Gasteiger partial charge in [-0.15, -0.1) is 0 Å². The number of nitrogens with zero attached hydrogens (tertiary/aromatic N) is 1. The second kappa shape index (κ2) is 7.76. The fourth-order valence-corrected chi connectivity index (χ4v) is 3.83. The van der Waals surface area contributed by atoms with Gasteiger partial charge < -0.3 is 14.0 Å². The molecule has 5 heteroatoms. The number of ether oxygens (including phenoxy) is 2. The number of carbonyl (C=O) groups is 1. The van der Waals surface area contributed by atoms with E-state index in [1.165, 1.54) is 6.07 Å². The Morgan fingerprint density at radius 3 is 2.71 bits per heavy atom. The SMILES string of the molecule is CCn1cc(/C=C2/Oc3cc(OCc4ccccc4F)ccc3C2=O)c2ccccc21. The lowest BCUT2D eigenvalue weighted by molar-refractivity contribution is 0.101. The van der Waals surface area contributed by atoms with Gasteiger partial charge in [0, 0.05) is 40.8 Å². The van der Waals surface area contributed by atoms with Gasteiger partial charge in [-0.1, -0.05) is 36.4 Å². The second-order valence-electron chi connectivity index (χ2n) is 7.37. The molecule has 31 heavy (non-hydrogen) atoms. The van der Waals surface area contributed by atoms with Crippen LogP contribution in [0.15, 0.2) is 78.7 Å². The van der Waals surface area contributed by atoms with E-state index >= 15 is 0 Å². The van der Waals surface area contributed by atoms with Gasteiger partial charge in [0.15, 0.2) is 5.76 Å². The molecule has 0 bridgehead atoms. The van der Waals surface area contributed by atoms with Crippen molar-refractivity contribution in [3.8, 4) is 11.5 Å². The lowest BCUT2D eigenvalue weighted by Gasteiger charge is -2.08. The van der Waals surface area contributed by atoms with E-state index < -0.39 is 0 Å². The number of allylic oxidation sites excluding steroid dienone is 1. The molecule has 0 fully saturated rings. The number of hydrogen-bond donors (Lipinski definition) is 0. The van der Waals surface area contributed by atoms with Crippen LogP contribution in [0.1, 0.15) is 28.4 Å². The van der Waals surface area contributed by atoms with Gasteiger partial charge in [0.05, 0.1) is 5.56 Å². The van der Waals surface area contributed by atoms with Crippen LogP contribution in [0.4, 0.5) is 4.39 Å². The third-order valence-electron chi connectivity index (χ3n) is 5.44. The maximum absolute atomic E-state index is 13.8. The van der Waals surface area contributed by atoms with Crippen LogP contribution in [0.3, 0.4) is 0 Å². The van der Waals surface area contributed by atoms with Gasteiger partial charge >= 0.3 is 0 Å². The summed E-state index contributed by atoms with van der Waals surface area (Å²) in [6, 6.07) is 19.6. The Morgan fingerprint density at radius 1 is 1.06 bits per heavy atom. The minimum atomic E-state index is -0.313. The minimum Gasteiger partial charge on any atom is -0.489 e. The summed E-state index contributed by atoms with van der Waals surface area (Å²) >= 11 is 0. The Bertz CT molecular complexity index is 1340. The lowest BCUT2D eigenvalue weighted by atomic mass is 10.1. The molecule has 0 aliphatic carbocycles. The van der Waals surface area contributed by atoms with Crippen molar-refractivity contribution in [2.45, 2.75) is 20.1 Å². The molecule has 4 aromatic rings. The highest BCUT2D eigenvalue weighted by Gasteiger charge is 2.28. The van der Waals surface area contributed by atoms with Crippen molar-refractivity contribution >= 4 is 22.8 Å². The van der Waals surface area contributed by atoms with Crippen molar-refractivity contribution in [2.24, 2.45) is 0 Å². The van der Waals surface area contributed by atoms with Crippen LogP contribution in [-0.4, -0.2) is 10.4 Å². The number of rotatable bonds is 5. The number of Topliss-reactive ketones (excluding diaryl/α,β-unsaturated/α-hetero) is 1. The first-order valence-corrected chi connectivity index (χ1v) is 10.2. The summed E-state index contributed by atoms with van der Waals surface area (Å²) in [5, 5.41) is 1.07. The zero-order valence-corrected chi connectivity index (χ0v) is 17.0. The molecule has 0 N–H and O–H groups in total. The van der Waals surface area contributed by atoms with Gasteiger partial charge in [-0.2, -0.15) is 0 Å². The van der Waals surface area contributed by atoms with Crippen LogP contribution >= 0.6 is 0 Å². The van der Waals surface area contributed by atoms with Crippen molar-refractivity contribution < 1.29 is 18.7 Å². The largest absolute Gasteiger partial charge is 0.489 e. The summed E-state index contributed by atoms with van der Waals surface area (Å²) in [5.41, 5.74) is 3.00. The van der Waals surface area contributed by atoms with E-state index in [-0.39, 0.29) is 24.0 Å². The molecule has 154 valence electrons. The molecule has 5 rings (SSSR count). The average molecular weight is 413 g/mol. The van der Waals surface area contributed by atoms with Gasteiger partial charge in [0.2, 0.25) is 5.78 Å². The molecule has 0 saturated heterocycles. The lowest BCUT2D eigenvalue weighted by Crippen LogP contribution is -1.98. The summed E-state index contributed by atoms with van der Waals surface area (Å²) in [4.78, 5) is 12.9. The molecular weight excluding hydrogens is 393 g/mol. The second-order valence-corrected chi connectivity index (χ2v) is 7.37. The normalized spacial score (nSPS) is 14.1. The molecule has 0 spiro atoms. The van der Waals surface area contributed by atoms with Gasteiger partial charge in [0.1, 0.15) is 23.9 Å². The molecule has 0 radical (unpaired) electrons. The third-order valence-corrected chi connectivity index (χ3v) is 5.44. The van der Waals surface area contributed by atoms with Crippen molar-refractivity contribution in [2.75, 3.05) is 0 Å². The Kier molecular flexibility index (Phi) is 4.79. The fourth-order valence-electron chi connectivity index (χ4n) is 3.83. The topological polar surface area (TPSA) is 40.5 Å². The first kappa shape index (κ1) is 19.1. The Labute approximate surface area is 179 Å². The first-order chi connectivity index (χ1) is 15.1. The van der Waals surface area contributed by atoms with Crippen LogP contribution in [0, 0.1) is 5.82 Å². The molecule has 0 saturated carbocycles. The summed E-state index contributed by atoms with van der Waals surface area (Å²) in [6.07, 6.45) is 3.82. The van der Waals surface area contributed by atoms with Crippen LogP contribution in [0.25, 0.3) is 17.0 Å². The quantitative estimate of drug-likeness (QED) is 0.377. The summed E-state index contributed by atoms with van der Waals surface area (Å²) < 4.78 is 27.5. The smallest absolute Gasteiger partial charge is 0.231 e. The number of halogens is 1. The predicted molar refractivity (Wildman–Crippen MR) is 118 cm³/mol. The van der Waals surface area contributed by atoms with E-state index in [1.807, 2.05) is 24.4 Å². The van der Waals surface area contributed by atoms with E-state index in [0.29, 0.717) is 22.6 Å². The predicted octanol–water partition coefficient (Wildman–Crippen LogP) is 6.00. The van der Waals surface area contributed by atoms with E-state index in [2.05, 4.69) is 17.6 Å². The molecule has 0 atom stereocenters. The molecular formula is C26H20FNO3. The average Bonchev–Trinajstić information content (AvgIpc) is 3.30. The maximum Gasteiger partial charge on any atom is 0.231 e. The van der Waals surface area contributed by atoms with Crippen LogP contribution in [-0.2, 0) is 13.2 Å². The monoisotopic (exact) mass is 413 g/mol. The van der Waals surface area contributed by atoms with Crippen LogP contribution in [0.5, 0.6) is 11.5 Å². The Balaban J connectivity index is 1.41. The van der Waals surface area contributed by atoms with E-state index in [4.69, 9.17) is 9.47 Å². The molecule has 0 amide bonds. The zero-order valence-electron chi connectivity index (χ0n) is 17.0. The summed E-state index contributed by atoms with van der Waals surface area (Å²) in [6.45, 7) is 3.01.